The lowest BCUT2D eigenvalue weighted by Gasteiger charge is -2.18. The average molecular weight is 260 g/mol. The van der Waals surface area contributed by atoms with Crippen LogP contribution in [0.25, 0.3) is 0 Å². The molecule has 1 aliphatic carbocycles. The third kappa shape index (κ3) is 2.89. The van der Waals surface area contributed by atoms with Crippen molar-refractivity contribution in [1.29, 1.82) is 0 Å². The topological polar surface area (TPSA) is 41.6 Å². The summed E-state index contributed by atoms with van der Waals surface area (Å²) in [7, 11) is 0. The van der Waals surface area contributed by atoms with Crippen LogP contribution in [0.1, 0.15) is 37.4 Å². The maximum absolute atomic E-state index is 12.1. The van der Waals surface area contributed by atoms with Gasteiger partial charge in [0.2, 0.25) is 0 Å². The number of nitrogens with zero attached hydrogens (tertiary/aromatic N) is 1. The molecule has 0 bridgehead atoms. The number of benzene rings is 1. The van der Waals surface area contributed by atoms with Crippen LogP contribution in [0, 0.1) is 0 Å². The summed E-state index contributed by atoms with van der Waals surface area (Å²) in [5, 5.41) is 3.10. The third-order valence-corrected chi connectivity index (χ3v) is 3.96. The Balaban J connectivity index is 1.55. The molecule has 2 aliphatic rings. The van der Waals surface area contributed by atoms with E-state index in [-0.39, 0.29) is 12.1 Å². The monoisotopic (exact) mass is 260 g/mol. The summed E-state index contributed by atoms with van der Waals surface area (Å²) in [5.41, 5.74) is 1.14. The van der Waals surface area contributed by atoms with Crippen LogP contribution >= 0.6 is 0 Å². The number of amides is 2. The molecule has 19 heavy (non-hydrogen) atoms. The third-order valence-electron chi connectivity index (χ3n) is 3.96. The van der Waals surface area contributed by atoms with E-state index in [1.807, 2.05) is 30.3 Å². The van der Waals surface area contributed by atoms with Crippen molar-refractivity contribution in [1.82, 2.24) is 10.2 Å². The second kappa shape index (κ2) is 5.61. The maximum atomic E-state index is 12.1. The van der Waals surface area contributed by atoms with E-state index in [1.165, 1.54) is 12.8 Å². The van der Waals surface area contributed by atoms with Gasteiger partial charge in [0.05, 0.1) is 6.54 Å². The van der Waals surface area contributed by atoms with Gasteiger partial charge in [0.25, 0.3) is 0 Å². The van der Waals surface area contributed by atoms with E-state index in [1.54, 1.807) is 4.90 Å². The second-order valence-electron chi connectivity index (χ2n) is 5.35. The zero-order chi connectivity index (χ0) is 13.1. The van der Waals surface area contributed by atoms with E-state index in [0.717, 1.165) is 18.4 Å². The first-order valence-electron chi connectivity index (χ1n) is 7.05. The Kier molecular flexibility index (Phi) is 3.69. The van der Waals surface area contributed by atoms with Gasteiger partial charge in [-0.2, -0.15) is 0 Å². The molecule has 102 valence electrons. The van der Waals surface area contributed by atoms with Crippen molar-refractivity contribution in [3.05, 3.63) is 35.9 Å². The summed E-state index contributed by atoms with van der Waals surface area (Å²) in [5.74, 6) is 0. The molecule has 1 aromatic rings. The van der Waals surface area contributed by atoms with Gasteiger partial charge in [-0.05, 0) is 18.4 Å². The molecule has 2 amide bonds. The number of hydrogen-bond acceptors (Lipinski definition) is 2. The molecule has 1 heterocycles. The van der Waals surface area contributed by atoms with Gasteiger partial charge in [0, 0.05) is 6.04 Å². The van der Waals surface area contributed by atoms with E-state index in [4.69, 9.17) is 4.74 Å². The number of ether oxygens (including phenoxy) is 1. The van der Waals surface area contributed by atoms with E-state index < -0.39 is 0 Å². The van der Waals surface area contributed by atoms with Crippen LogP contribution in [0.4, 0.5) is 4.79 Å². The summed E-state index contributed by atoms with van der Waals surface area (Å²) < 4.78 is 5.70. The Labute approximate surface area is 113 Å². The van der Waals surface area contributed by atoms with E-state index in [9.17, 15) is 4.79 Å². The largest absolute Gasteiger partial charge is 0.351 e. The second-order valence-corrected chi connectivity index (χ2v) is 5.35. The van der Waals surface area contributed by atoms with Gasteiger partial charge < -0.3 is 10.1 Å². The number of nitrogens with one attached hydrogen (secondary N) is 1. The average Bonchev–Trinajstić information content (AvgIpc) is 3.10. The number of urea groups is 1. The van der Waals surface area contributed by atoms with Gasteiger partial charge >= 0.3 is 6.03 Å². The van der Waals surface area contributed by atoms with Crippen LogP contribution < -0.4 is 5.32 Å². The van der Waals surface area contributed by atoms with Crippen LogP contribution in [0.15, 0.2) is 30.3 Å². The van der Waals surface area contributed by atoms with E-state index >= 15 is 0 Å². The van der Waals surface area contributed by atoms with Crippen molar-refractivity contribution < 1.29 is 9.53 Å². The minimum absolute atomic E-state index is 0.00975. The van der Waals surface area contributed by atoms with Crippen LogP contribution in [-0.2, 0) is 4.74 Å². The van der Waals surface area contributed by atoms with Gasteiger partial charge in [-0.3, -0.25) is 4.90 Å². The Morgan fingerprint density at radius 2 is 1.95 bits per heavy atom. The molecule has 1 N–H and O–H groups in total. The SMILES string of the molecule is O=C(NC1CCCC1)N1COC(c2ccccc2)C1. The van der Waals surface area contributed by atoms with E-state index in [0.29, 0.717) is 19.3 Å². The highest BCUT2D eigenvalue weighted by molar-refractivity contribution is 5.74. The standard InChI is InChI=1S/C15H20N2O2/c18-15(16-13-8-4-5-9-13)17-10-14(19-11-17)12-6-2-1-3-7-12/h1-3,6-7,13-14H,4-5,8-11H2,(H,16,18). The van der Waals surface area contributed by atoms with Crippen molar-refractivity contribution in [3.63, 3.8) is 0 Å². The summed E-state index contributed by atoms with van der Waals surface area (Å²) in [6.45, 7) is 1.03. The normalized spacial score (nSPS) is 23.8. The quantitative estimate of drug-likeness (QED) is 0.888. The Bertz CT molecular complexity index is 429. The summed E-state index contributed by atoms with van der Waals surface area (Å²) in [6, 6.07) is 10.5. The summed E-state index contributed by atoms with van der Waals surface area (Å²) in [4.78, 5) is 13.9. The first-order valence-corrected chi connectivity index (χ1v) is 7.05. The molecule has 3 rings (SSSR count). The Morgan fingerprint density at radius 1 is 1.21 bits per heavy atom. The zero-order valence-electron chi connectivity index (χ0n) is 11.0. The lowest BCUT2D eigenvalue weighted by atomic mass is 10.1. The fourth-order valence-electron chi connectivity index (χ4n) is 2.83. The molecule has 4 nitrogen and oxygen atoms in total. The molecule has 1 unspecified atom stereocenters. The van der Waals surface area contributed by atoms with Gasteiger partial charge in [-0.1, -0.05) is 43.2 Å². The van der Waals surface area contributed by atoms with Crippen LogP contribution in [-0.4, -0.2) is 30.2 Å². The first kappa shape index (κ1) is 12.5. The van der Waals surface area contributed by atoms with Crippen molar-refractivity contribution in [3.8, 4) is 0 Å². The highest BCUT2D eigenvalue weighted by Crippen LogP contribution is 2.25. The number of rotatable bonds is 2. The smallest absolute Gasteiger partial charge is 0.319 e. The minimum atomic E-state index is 0.00975. The molecular formula is C15H20N2O2. The maximum Gasteiger partial charge on any atom is 0.319 e. The van der Waals surface area contributed by atoms with Crippen LogP contribution in [0.2, 0.25) is 0 Å². The predicted molar refractivity (Wildman–Crippen MR) is 72.6 cm³/mol. The molecular weight excluding hydrogens is 240 g/mol. The fourth-order valence-corrected chi connectivity index (χ4v) is 2.83. The van der Waals surface area contributed by atoms with Crippen molar-refractivity contribution >= 4 is 6.03 Å². The lowest BCUT2D eigenvalue weighted by Crippen LogP contribution is -2.42. The highest BCUT2D eigenvalue weighted by Gasteiger charge is 2.29. The minimum Gasteiger partial charge on any atom is -0.351 e. The van der Waals surface area contributed by atoms with Gasteiger partial charge in [-0.15, -0.1) is 0 Å². The van der Waals surface area contributed by atoms with Gasteiger partial charge in [0.1, 0.15) is 12.8 Å². The van der Waals surface area contributed by atoms with Crippen molar-refractivity contribution in [2.75, 3.05) is 13.3 Å². The fraction of sp³-hybridized carbons (Fsp3) is 0.533. The molecule has 2 fully saturated rings. The molecule has 1 atom stereocenters. The number of carbonyl (C=O) groups is 1. The number of hydrogen-bond donors (Lipinski definition) is 1. The van der Waals surface area contributed by atoms with Crippen LogP contribution in [0.3, 0.4) is 0 Å². The molecule has 1 saturated carbocycles. The molecule has 0 aromatic heterocycles. The summed E-state index contributed by atoms with van der Waals surface area (Å²) in [6.07, 6.45) is 4.70. The highest BCUT2D eigenvalue weighted by atomic mass is 16.5. The van der Waals surface area contributed by atoms with Crippen molar-refractivity contribution in [2.45, 2.75) is 37.8 Å². The molecule has 1 aliphatic heterocycles. The predicted octanol–water partition coefficient (Wildman–Crippen LogP) is 2.67. The van der Waals surface area contributed by atoms with Crippen molar-refractivity contribution in [2.24, 2.45) is 0 Å². The molecule has 1 saturated heterocycles. The van der Waals surface area contributed by atoms with E-state index in [2.05, 4.69) is 5.32 Å². The molecule has 0 radical (unpaired) electrons. The lowest BCUT2D eigenvalue weighted by molar-refractivity contribution is 0.0948. The number of carbonyl (C=O) groups excluding carboxylic acids is 1. The zero-order valence-corrected chi connectivity index (χ0v) is 11.0. The Morgan fingerprint density at radius 3 is 2.68 bits per heavy atom. The molecule has 4 heteroatoms. The summed E-state index contributed by atoms with van der Waals surface area (Å²) >= 11 is 0. The first-order chi connectivity index (χ1) is 9.33. The molecule has 1 aromatic carbocycles. The van der Waals surface area contributed by atoms with Gasteiger partial charge in [0.15, 0.2) is 0 Å². The van der Waals surface area contributed by atoms with Gasteiger partial charge in [-0.25, -0.2) is 4.79 Å². The Hall–Kier alpha value is -1.55. The molecule has 0 spiro atoms. The van der Waals surface area contributed by atoms with Crippen LogP contribution in [0.5, 0.6) is 0 Å².